The van der Waals surface area contributed by atoms with Crippen molar-refractivity contribution in [1.82, 2.24) is 14.9 Å². The number of anilines is 1. The van der Waals surface area contributed by atoms with Crippen molar-refractivity contribution in [3.05, 3.63) is 65.4 Å². The third-order valence-electron chi connectivity index (χ3n) is 4.43. The summed E-state index contributed by atoms with van der Waals surface area (Å²) in [7, 11) is 0. The molecule has 1 aliphatic heterocycles. The minimum absolute atomic E-state index is 0.0649. The second-order valence-electron chi connectivity index (χ2n) is 6.27. The molecule has 1 aromatic carbocycles. The molecule has 0 aliphatic carbocycles. The molecule has 0 bridgehead atoms. The van der Waals surface area contributed by atoms with Crippen LogP contribution in [0, 0.1) is 0 Å². The number of furan rings is 1. The second kappa shape index (κ2) is 6.66. The minimum atomic E-state index is -0.0649. The third-order valence-corrected chi connectivity index (χ3v) is 4.43. The van der Waals surface area contributed by atoms with Crippen LogP contribution < -0.4 is 5.73 Å². The Labute approximate surface area is 145 Å². The Hall–Kier alpha value is -2.70. The predicted octanol–water partition coefficient (Wildman–Crippen LogP) is 2.37. The van der Waals surface area contributed by atoms with Gasteiger partial charge in [0.2, 0.25) is 0 Å². The Bertz CT molecular complexity index is 873. The highest BCUT2D eigenvalue weighted by Crippen LogP contribution is 2.23. The van der Waals surface area contributed by atoms with Gasteiger partial charge in [-0.1, -0.05) is 0 Å². The fourth-order valence-corrected chi connectivity index (χ4v) is 3.09. The largest absolute Gasteiger partial charge is 0.462 e. The normalized spacial score (nSPS) is 14.4. The maximum Gasteiger partial charge on any atom is 0.159 e. The topological polar surface area (TPSA) is 88.4 Å². The summed E-state index contributed by atoms with van der Waals surface area (Å²) >= 11 is 0. The zero-order chi connectivity index (χ0) is 17.2. The Morgan fingerprint density at radius 1 is 1.12 bits per heavy atom. The van der Waals surface area contributed by atoms with Gasteiger partial charge in [0.15, 0.2) is 5.82 Å². The van der Waals surface area contributed by atoms with Crippen molar-refractivity contribution in [3.63, 3.8) is 0 Å². The Morgan fingerprint density at radius 3 is 2.68 bits per heavy atom. The van der Waals surface area contributed by atoms with Crippen LogP contribution in [0.15, 0.2) is 47.0 Å². The molecule has 0 saturated carbocycles. The number of hydrogen-bond donors (Lipinski definition) is 2. The van der Waals surface area contributed by atoms with Crippen LogP contribution in [0.3, 0.4) is 0 Å². The molecule has 6 nitrogen and oxygen atoms in total. The molecule has 3 N–H and O–H groups in total. The first-order chi connectivity index (χ1) is 12.2. The lowest BCUT2D eigenvalue weighted by molar-refractivity contribution is 0.207. The molecule has 0 spiro atoms. The Morgan fingerprint density at radius 2 is 1.92 bits per heavy atom. The summed E-state index contributed by atoms with van der Waals surface area (Å²) < 4.78 is 5.58. The summed E-state index contributed by atoms with van der Waals surface area (Å²) in [6.07, 6.45) is 2.80. The molecule has 0 atom stereocenters. The van der Waals surface area contributed by atoms with E-state index in [9.17, 15) is 0 Å². The number of aromatic nitrogens is 2. The average molecular weight is 336 g/mol. The molecular formula is C19H20N4O2. The average Bonchev–Trinajstić information content (AvgIpc) is 3.09. The number of rotatable bonds is 4. The van der Waals surface area contributed by atoms with Crippen LogP contribution in [0.5, 0.6) is 0 Å². The fraction of sp³-hybridized carbons (Fsp3) is 0.263. The van der Waals surface area contributed by atoms with Crippen LogP contribution in [0.1, 0.15) is 22.8 Å². The number of nitrogen functional groups attached to an aromatic ring is 1. The van der Waals surface area contributed by atoms with Gasteiger partial charge < -0.3 is 15.3 Å². The van der Waals surface area contributed by atoms with E-state index in [1.807, 2.05) is 42.6 Å². The van der Waals surface area contributed by atoms with E-state index >= 15 is 0 Å². The van der Waals surface area contributed by atoms with E-state index in [2.05, 4.69) is 9.88 Å². The lowest BCUT2D eigenvalue weighted by atomic mass is 10.1. The zero-order valence-corrected chi connectivity index (χ0v) is 13.9. The van der Waals surface area contributed by atoms with Crippen molar-refractivity contribution in [2.45, 2.75) is 26.1 Å². The monoisotopic (exact) mass is 336 g/mol. The first-order valence-corrected chi connectivity index (χ1v) is 8.33. The summed E-state index contributed by atoms with van der Waals surface area (Å²) in [4.78, 5) is 11.6. The highest BCUT2D eigenvalue weighted by Gasteiger charge is 2.20. The number of benzene rings is 1. The standard InChI is InChI=1S/C19H20N4O2/c20-15-3-1-13(2-4-15)19-21-9-14-10-23(8-7-18(14)22-19)11-16-5-6-17(12-24)25-16/h1-6,9,24H,7-8,10-12,20H2. The van der Waals surface area contributed by atoms with Gasteiger partial charge in [0.05, 0.1) is 12.2 Å². The molecule has 3 heterocycles. The molecule has 0 amide bonds. The molecule has 0 saturated heterocycles. The van der Waals surface area contributed by atoms with Crippen LogP contribution in [0.25, 0.3) is 11.4 Å². The van der Waals surface area contributed by atoms with Crippen molar-refractivity contribution in [3.8, 4) is 11.4 Å². The first-order valence-electron chi connectivity index (χ1n) is 8.33. The minimum Gasteiger partial charge on any atom is -0.462 e. The van der Waals surface area contributed by atoms with E-state index in [0.29, 0.717) is 5.76 Å². The van der Waals surface area contributed by atoms with Gasteiger partial charge in [0.1, 0.15) is 18.1 Å². The van der Waals surface area contributed by atoms with E-state index in [0.717, 1.165) is 60.1 Å². The van der Waals surface area contributed by atoms with E-state index in [4.69, 9.17) is 20.2 Å². The molecular weight excluding hydrogens is 316 g/mol. The van der Waals surface area contributed by atoms with Crippen LogP contribution in [0.4, 0.5) is 5.69 Å². The van der Waals surface area contributed by atoms with Crippen LogP contribution in [0.2, 0.25) is 0 Å². The molecule has 3 aromatic rings. The van der Waals surface area contributed by atoms with E-state index in [1.54, 1.807) is 0 Å². The molecule has 1 aliphatic rings. The zero-order valence-electron chi connectivity index (χ0n) is 13.9. The van der Waals surface area contributed by atoms with Gasteiger partial charge >= 0.3 is 0 Å². The number of nitrogens with zero attached hydrogens (tertiary/aromatic N) is 3. The molecule has 25 heavy (non-hydrogen) atoms. The SMILES string of the molecule is Nc1ccc(-c2ncc3c(n2)CCN(Cc2ccc(CO)o2)C3)cc1. The van der Waals surface area contributed by atoms with Gasteiger partial charge in [-0.3, -0.25) is 4.90 Å². The van der Waals surface area contributed by atoms with Crippen molar-refractivity contribution in [2.24, 2.45) is 0 Å². The Kier molecular flexibility index (Phi) is 4.21. The maximum atomic E-state index is 9.09. The van der Waals surface area contributed by atoms with Crippen molar-refractivity contribution < 1.29 is 9.52 Å². The fourth-order valence-electron chi connectivity index (χ4n) is 3.09. The summed E-state index contributed by atoms with van der Waals surface area (Å²) in [5, 5.41) is 9.09. The maximum absolute atomic E-state index is 9.09. The van der Waals surface area contributed by atoms with Crippen molar-refractivity contribution >= 4 is 5.69 Å². The Balaban J connectivity index is 1.49. The number of aliphatic hydroxyl groups is 1. The van der Waals surface area contributed by atoms with Gasteiger partial charge in [-0.15, -0.1) is 0 Å². The van der Waals surface area contributed by atoms with E-state index in [-0.39, 0.29) is 6.61 Å². The van der Waals surface area contributed by atoms with Gasteiger partial charge in [-0.25, -0.2) is 9.97 Å². The van der Waals surface area contributed by atoms with Crippen LogP contribution in [-0.4, -0.2) is 26.5 Å². The number of aliphatic hydroxyl groups excluding tert-OH is 1. The molecule has 0 fully saturated rings. The molecule has 4 rings (SSSR count). The lowest BCUT2D eigenvalue weighted by Gasteiger charge is -2.27. The summed E-state index contributed by atoms with van der Waals surface area (Å²) in [5.41, 5.74) is 9.71. The smallest absolute Gasteiger partial charge is 0.159 e. The summed E-state index contributed by atoms with van der Waals surface area (Å²) in [6.45, 7) is 2.37. The van der Waals surface area contributed by atoms with Gasteiger partial charge in [-0.05, 0) is 36.4 Å². The van der Waals surface area contributed by atoms with Crippen LogP contribution >= 0.6 is 0 Å². The summed E-state index contributed by atoms with van der Waals surface area (Å²) in [6, 6.07) is 11.4. The molecule has 0 unspecified atom stereocenters. The van der Waals surface area contributed by atoms with E-state index < -0.39 is 0 Å². The highest BCUT2D eigenvalue weighted by atomic mass is 16.4. The molecule has 128 valence electrons. The number of nitrogens with two attached hydrogens (primary N) is 1. The van der Waals surface area contributed by atoms with Gasteiger partial charge in [0, 0.05) is 42.5 Å². The highest BCUT2D eigenvalue weighted by molar-refractivity contribution is 5.58. The van der Waals surface area contributed by atoms with Crippen molar-refractivity contribution in [1.29, 1.82) is 0 Å². The molecule has 0 radical (unpaired) electrons. The number of fused-ring (bicyclic) bond motifs is 1. The van der Waals surface area contributed by atoms with Crippen LogP contribution in [-0.2, 0) is 26.1 Å². The number of hydrogen-bond acceptors (Lipinski definition) is 6. The first kappa shape index (κ1) is 15.8. The molecule has 2 aromatic heterocycles. The van der Waals surface area contributed by atoms with Gasteiger partial charge in [-0.2, -0.15) is 0 Å². The lowest BCUT2D eigenvalue weighted by Crippen LogP contribution is -2.30. The predicted molar refractivity (Wildman–Crippen MR) is 94.3 cm³/mol. The van der Waals surface area contributed by atoms with Crippen molar-refractivity contribution in [2.75, 3.05) is 12.3 Å². The quantitative estimate of drug-likeness (QED) is 0.711. The van der Waals surface area contributed by atoms with E-state index in [1.165, 1.54) is 0 Å². The molecule has 6 heteroatoms. The summed E-state index contributed by atoms with van der Waals surface area (Å²) in [5.74, 6) is 2.21. The van der Waals surface area contributed by atoms with Gasteiger partial charge in [0.25, 0.3) is 0 Å². The second-order valence-corrected chi connectivity index (χ2v) is 6.27. The third kappa shape index (κ3) is 3.40.